The molecule has 0 radical (unpaired) electrons. The first-order chi connectivity index (χ1) is 14.0. The molecular weight excluding hydrogens is 395 g/mol. The SMILES string of the molecule is O=C1NN(c2cccc(F)c2)C(=O)C1=Cc1cccc(OC(=O)c2cccs2)c1. The Bertz CT molecular complexity index is 1140. The van der Waals surface area contributed by atoms with Gasteiger partial charge in [0.05, 0.1) is 5.69 Å². The molecule has 3 aromatic rings. The first-order valence-electron chi connectivity index (χ1n) is 8.50. The molecule has 144 valence electrons. The van der Waals surface area contributed by atoms with Crippen molar-refractivity contribution < 1.29 is 23.5 Å². The van der Waals surface area contributed by atoms with E-state index in [2.05, 4.69) is 5.43 Å². The van der Waals surface area contributed by atoms with Crippen molar-refractivity contribution in [1.82, 2.24) is 5.43 Å². The third-order valence-electron chi connectivity index (χ3n) is 4.06. The Morgan fingerprint density at radius 3 is 2.66 bits per heavy atom. The Morgan fingerprint density at radius 2 is 1.90 bits per heavy atom. The highest BCUT2D eigenvalue weighted by Gasteiger charge is 2.34. The van der Waals surface area contributed by atoms with Crippen LogP contribution in [0.2, 0.25) is 0 Å². The van der Waals surface area contributed by atoms with Crippen LogP contribution < -0.4 is 15.2 Å². The van der Waals surface area contributed by atoms with Crippen LogP contribution in [0.15, 0.2) is 71.6 Å². The standard InChI is InChI=1S/C21H13FN2O4S/c22-14-5-2-6-15(12-14)24-20(26)17(19(25)23-24)11-13-4-1-7-16(10-13)28-21(27)18-8-3-9-29-18/h1-12H,(H,23,25). The second-order valence-corrected chi connectivity index (χ2v) is 7.01. The average molecular weight is 408 g/mol. The number of rotatable bonds is 4. The summed E-state index contributed by atoms with van der Waals surface area (Å²) >= 11 is 1.26. The van der Waals surface area contributed by atoms with Gasteiger partial charge in [0.25, 0.3) is 11.8 Å². The molecule has 0 unspecified atom stereocenters. The van der Waals surface area contributed by atoms with Gasteiger partial charge in [0.1, 0.15) is 22.0 Å². The zero-order valence-electron chi connectivity index (χ0n) is 14.8. The monoisotopic (exact) mass is 408 g/mol. The molecule has 4 rings (SSSR count). The number of esters is 1. The maximum absolute atomic E-state index is 13.4. The maximum atomic E-state index is 13.4. The number of hydrogen-bond acceptors (Lipinski definition) is 5. The highest BCUT2D eigenvalue weighted by molar-refractivity contribution is 7.12. The predicted molar refractivity (Wildman–Crippen MR) is 106 cm³/mol. The van der Waals surface area contributed by atoms with E-state index in [0.29, 0.717) is 10.4 Å². The van der Waals surface area contributed by atoms with Gasteiger partial charge in [-0.05, 0) is 53.4 Å². The summed E-state index contributed by atoms with van der Waals surface area (Å²) in [4.78, 5) is 37.4. The molecule has 0 bridgehead atoms. The molecule has 29 heavy (non-hydrogen) atoms. The van der Waals surface area contributed by atoms with Gasteiger partial charge in [-0.3, -0.25) is 15.0 Å². The van der Waals surface area contributed by atoms with Gasteiger partial charge in [-0.15, -0.1) is 11.3 Å². The van der Waals surface area contributed by atoms with Gasteiger partial charge in [0.2, 0.25) is 0 Å². The van der Waals surface area contributed by atoms with Crippen LogP contribution in [0.3, 0.4) is 0 Å². The number of anilines is 1. The minimum Gasteiger partial charge on any atom is -0.422 e. The topological polar surface area (TPSA) is 75.7 Å². The smallest absolute Gasteiger partial charge is 0.353 e. The molecule has 0 atom stereocenters. The molecular formula is C21H13FN2O4S. The molecule has 2 heterocycles. The van der Waals surface area contributed by atoms with Gasteiger partial charge >= 0.3 is 5.97 Å². The van der Waals surface area contributed by atoms with Gasteiger partial charge in [-0.1, -0.05) is 24.3 Å². The molecule has 0 aliphatic carbocycles. The lowest BCUT2D eigenvalue weighted by atomic mass is 10.1. The highest BCUT2D eigenvalue weighted by Crippen LogP contribution is 2.24. The lowest BCUT2D eigenvalue weighted by molar-refractivity contribution is -0.117. The van der Waals surface area contributed by atoms with E-state index in [1.165, 1.54) is 35.6 Å². The van der Waals surface area contributed by atoms with Crippen molar-refractivity contribution in [3.8, 4) is 5.75 Å². The molecule has 1 aliphatic heterocycles. The number of thiophene rings is 1. The maximum Gasteiger partial charge on any atom is 0.353 e. The van der Waals surface area contributed by atoms with Crippen LogP contribution in [-0.4, -0.2) is 17.8 Å². The minimum absolute atomic E-state index is 0.115. The van der Waals surface area contributed by atoms with Crippen molar-refractivity contribution in [2.45, 2.75) is 0 Å². The summed E-state index contributed by atoms with van der Waals surface area (Å²) in [6, 6.07) is 15.2. The van der Waals surface area contributed by atoms with E-state index in [4.69, 9.17) is 4.74 Å². The van der Waals surface area contributed by atoms with Crippen LogP contribution >= 0.6 is 11.3 Å². The Hall–Kier alpha value is -3.78. The number of hydrogen-bond donors (Lipinski definition) is 1. The molecule has 2 amide bonds. The van der Waals surface area contributed by atoms with E-state index in [1.807, 2.05) is 0 Å². The van der Waals surface area contributed by atoms with Crippen LogP contribution in [-0.2, 0) is 9.59 Å². The van der Waals surface area contributed by atoms with Gasteiger partial charge < -0.3 is 4.74 Å². The molecule has 1 aromatic heterocycles. The first kappa shape index (κ1) is 18.6. The lowest BCUT2D eigenvalue weighted by Gasteiger charge is -2.14. The van der Waals surface area contributed by atoms with Gasteiger partial charge in [-0.2, -0.15) is 0 Å². The number of hydrazine groups is 1. The quantitative estimate of drug-likeness (QED) is 0.310. The average Bonchev–Trinajstić information content (AvgIpc) is 3.33. The van der Waals surface area contributed by atoms with Crippen molar-refractivity contribution in [1.29, 1.82) is 0 Å². The number of nitrogens with zero attached hydrogens (tertiary/aromatic N) is 1. The van der Waals surface area contributed by atoms with Crippen molar-refractivity contribution in [2.75, 3.05) is 5.01 Å². The van der Waals surface area contributed by atoms with Crippen molar-refractivity contribution in [3.05, 3.63) is 87.9 Å². The van der Waals surface area contributed by atoms with Crippen molar-refractivity contribution in [3.63, 3.8) is 0 Å². The lowest BCUT2D eigenvalue weighted by Crippen LogP contribution is -2.35. The molecule has 1 N–H and O–H groups in total. The number of carbonyl (C=O) groups is 3. The molecule has 6 nitrogen and oxygen atoms in total. The summed E-state index contributed by atoms with van der Waals surface area (Å²) in [5, 5.41) is 2.75. The molecule has 2 aromatic carbocycles. The third-order valence-corrected chi connectivity index (χ3v) is 4.91. The number of nitrogens with one attached hydrogen (secondary N) is 1. The molecule has 0 saturated carbocycles. The zero-order chi connectivity index (χ0) is 20.4. The van der Waals surface area contributed by atoms with Crippen molar-refractivity contribution in [2.24, 2.45) is 0 Å². The summed E-state index contributed by atoms with van der Waals surface area (Å²) < 4.78 is 18.8. The summed E-state index contributed by atoms with van der Waals surface area (Å²) in [5.41, 5.74) is 3.01. The van der Waals surface area contributed by atoms with E-state index >= 15 is 0 Å². The number of ether oxygens (including phenoxy) is 1. The summed E-state index contributed by atoms with van der Waals surface area (Å²) in [6.07, 6.45) is 1.39. The predicted octanol–water partition coefficient (Wildman–Crippen LogP) is 3.57. The van der Waals surface area contributed by atoms with Crippen molar-refractivity contribution >= 4 is 40.9 Å². The zero-order valence-corrected chi connectivity index (χ0v) is 15.6. The summed E-state index contributed by atoms with van der Waals surface area (Å²) in [7, 11) is 0. The number of benzene rings is 2. The fourth-order valence-electron chi connectivity index (χ4n) is 2.74. The van der Waals surface area contributed by atoms with E-state index in [1.54, 1.807) is 41.8 Å². The molecule has 0 spiro atoms. The van der Waals surface area contributed by atoms with E-state index in [9.17, 15) is 18.8 Å². The molecule has 1 saturated heterocycles. The summed E-state index contributed by atoms with van der Waals surface area (Å²) in [5.74, 6) is -1.95. The fourth-order valence-corrected chi connectivity index (χ4v) is 3.34. The largest absolute Gasteiger partial charge is 0.422 e. The Kier molecular flexibility index (Phi) is 4.92. The number of carbonyl (C=O) groups excluding carboxylic acids is 3. The van der Waals surface area contributed by atoms with Crippen LogP contribution in [0.4, 0.5) is 10.1 Å². The van der Waals surface area contributed by atoms with Gasteiger partial charge in [-0.25, -0.2) is 14.2 Å². The second kappa shape index (κ2) is 7.69. The normalized spacial score (nSPS) is 14.9. The van der Waals surface area contributed by atoms with Crippen LogP contribution in [0.5, 0.6) is 5.75 Å². The number of amides is 2. The van der Waals surface area contributed by atoms with Crippen LogP contribution in [0.1, 0.15) is 15.2 Å². The van der Waals surface area contributed by atoms with Crippen LogP contribution in [0.25, 0.3) is 6.08 Å². The first-order valence-corrected chi connectivity index (χ1v) is 9.38. The highest BCUT2D eigenvalue weighted by atomic mass is 32.1. The number of halogens is 1. The second-order valence-electron chi connectivity index (χ2n) is 6.06. The molecule has 8 heteroatoms. The third kappa shape index (κ3) is 3.92. The van der Waals surface area contributed by atoms with E-state index in [-0.39, 0.29) is 17.0 Å². The van der Waals surface area contributed by atoms with Crippen LogP contribution in [0, 0.1) is 5.82 Å². The fraction of sp³-hybridized carbons (Fsp3) is 0. The van der Waals surface area contributed by atoms with E-state index in [0.717, 1.165) is 11.1 Å². The Morgan fingerprint density at radius 1 is 1.07 bits per heavy atom. The van der Waals surface area contributed by atoms with E-state index < -0.39 is 23.6 Å². The minimum atomic E-state index is -0.611. The van der Waals surface area contributed by atoms with Gasteiger partial charge in [0.15, 0.2) is 0 Å². The molecule has 1 fully saturated rings. The Labute approximate surface area is 168 Å². The Balaban J connectivity index is 1.57. The molecule has 1 aliphatic rings. The van der Waals surface area contributed by atoms with Gasteiger partial charge in [0, 0.05) is 0 Å². The summed E-state index contributed by atoms with van der Waals surface area (Å²) in [6.45, 7) is 0.